The van der Waals surface area contributed by atoms with Crippen molar-refractivity contribution in [2.75, 3.05) is 0 Å². The van der Waals surface area contributed by atoms with E-state index in [0.29, 0.717) is 0 Å². The molecule has 2 aliphatic heterocycles. The number of H-pyrrole nitrogens is 3. The van der Waals surface area contributed by atoms with E-state index >= 15 is 0 Å². The smallest absolute Gasteiger partial charge is 0.0926 e. The van der Waals surface area contributed by atoms with Gasteiger partial charge >= 0.3 is 0 Å². The van der Waals surface area contributed by atoms with E-state index < -0.39 is 0 Å². The van der Waals surface area contributed by atoms with Gasteiger partial charge in [0.2, 0.25) is 0 Å². The van der Waals surface area contributed by atoms with Gasteiger partial charge in [0.1, 0.15) is 0 Å². The van der Waals surface area contributed by atoms with Gasteiger partial charge in [-0.25, -0.2) is 0 Å². The molecule has 1 atom stereocenters. The van der Waals surface area contributed by atoms with Gasteiger partial charge in [-0.1, -0.05) is 55.4 Å². The van der Waals surface area contributed by atoms with Crippen LogP contribution < -0.4 is 21.4 Å². The van der Waals surface area contributed by atoms with Crippen molar-refractivity contribution >= 4 is 30.0 Å². The Labute approximate surface area is 239 Å². The minimum atomic E-state index is 0.0762. The molecular weight excluding hydrogens is 488 g/mol. The standard InChI is InChI=1S/C36H48N4/c1-9-21-22(10-2)30-18-32-25(13-5)26(14-6)34(39-32)20-36-28(16-8)27(15-7)35(40-36)19-33-24(12-4)23(11-3)31(38-33)17-29(21)37-30/h17-20,29,38-40H,9-16H2,1-8H3/b31-17?,32-18?,33-19-,34-20?. The van der Waals surface area contributed by atoms with Gasteiger partial charge in [-0.2, -0.15) is 0 Å². The van der Waals surface area contributed by atoms with Crippen LogP contribution >= 0.6 is 0 Å². The van der Waals surface area contributed by atoms with E-state index in [1.165, 1.54) is 77.3 Å². The van der Waals surface area contributed by atoms with Gasteiger partial charge in [-0.3, -0.25) is 4.99 Å². The molecule has 0 aliphatic carbocycles. The Morgan fingerprint density at radius 2 is 0.950 bits per heavy atom. The van der Waals surface area contributed by atoms with E-state index in [2.05, 4.69) is 94.6 Å². The fraction of sp³-hybridized carbons (Fsp3) is 0.472. The number of rotatable bonds is 8. The van der Waals surface area contributed by atoms with E-state index in [-0.39, 0.29) is 6.04 Å². The molecule has 3 N–H and O–H groups in total. The van der Waals surface area contributed by atoms with Crippen molar-refractivity contribution in [3.63, 3.8) is 0 Å². The number of fused-ring (bicyclic) bond motifs is 7. The molecule has 212 valence electrons. The van der Waals surface area contributed by atoms with Gasteiger partial charge < -0.3 is 15.0 Å². The molecule has 0 saturated carbocycles. The molecule has 8 bridgehead atoms. The number of aromatic amines is 3. The van der Waals surface area contributed by atoms with Crippen molar-refractivity contribution in [3.8, 4) is 0 Å². The molecule has 5 rings (SSSR count). The summed E-state index contributed by atoms with van der Waals surface area (Å²) >= 11 is 0. The Morgan fingerprint density at radius 1 is 0.500 bits per heavy atom. The molecule has 0 fully saturated rings. The lowest BCUT2D eigenvalue weighted by Gasteiger charge is -2.08. The normalized spacial score (nSPS) is 17.2. The van der Waals surface area contributed by atoms with Crippen LogP contribution in [0.4, 0.5) is 0 Å². The predicted molar refractivity (Wildman–Crippen MR) is 172 cm³/mol. The highest BCUT2D eigenvalue weighted by molar-refractivity contribution is 6.22. The Kier molecular flexibility index (Phi) is 8.26. The maximum Gasteiger partial charge on any atom is 0.0926 e. The molecule has 1 unspecified atom stereocenters. The highest BCUT2D eigenvalue weighted by Gasteiger charge is 2.24. The summed E-state index contributed by atoms with van der Waals surface area (Å²) in [5.41, 5.74) is 15.0. The third-order valence-electron chi connectivity index (χ3n) is 9.22. The molecule has 2 aliphatic rings. The SMILES string of the molecule is CCC1=C(CC)C2C=c3[nH]/c(c(CC)c3CC)=C\c3[nH]c(c(CC)c3CC)C=c3[nH]c(c(CC)c3CC)=CC1=N2. The number of hydrogen-bond acceptors (Lipinski definition) is 1. The fourth-order valence-corrected chi connectivity index (χ4v) is 7.37. The lowest BCUT2D eigenvalue weighted by molar-refractivity contribution is 0.915. The summed E-state index contributed by atoms with van der Waals surface area (Å²) in [6, 6.07) is 0.0762. The number of nitrogens with zero attached hydrogens (tertiary/aromatic N) is 1. The lowest BCUT2D eigenvalue weighted by Crippen LogP contribution is -2.16. The molecule has 0 aromatic carbocycles. The van der Waals surface area contributed by atoms with Gasteiger partial charge in [0.25, 0.3) is 0 Å². The molecule has 0 radical (unpaired) electrons. The molecule has 40 heavy (non-hydrogen) atoms. The van der Waals surface area contributed by atoms with Crippen molar-refractivity contribution in [2.45, 2.75) is 113 Å². The van der Waals surface area contributed by atoms with Gasteiger partial charge in [-0.15, -0.1) is 0 Å². The first-order chi connectivity index (χ1) is 19.5. The Bertz CT molecular complexity index is 1730. The summed E-state index contributed by atoms with van der Waals surface area (Å²) in [7, 11) is 0. The molecule has 5 heterocycles. The molecule has 3 aromatic heterocycles. The van der Waals surface area contributed by atoms with Crippen LogP contribution in [0.3, 0.4) is 0 Å². The monoisotopic (exact) mass is 536 g/mol. The van der Waals surface area contributed by atoms with E-state index in [9.17, 15) is 0 Å². The second-order valence-electron chi connectivity index (χ2n) is 11.1. The molecular formula is C36H48N4. The summed E-state index contributed by atoms with van der Waals surface area (Å²) in [5, 5.41) is 4.92. The van der Waals surface area contributed by atoms with Crippen LogP contribution in [0, 0.1) is 0 Å². The topological polar surface area (TPSA) is 59.7 Å². The van der Waals surface area contributed by atoms with Crippen LogP contribution in [-0.4, -0.2) is 26.7 Å². The molecule has 3 aromatic rings. The van der Waals surface area contributed by atoms with Crippen molar-refractivity contribution in [3.05, 3.63) is 77.3 Å². The minimum absolute atomic E-state index is 0.0762. The van der Waals surface area contributed by atoms with Crippen LogP contribution in [0.5, 0.6) is 0 Å². The summed E-state index contributed by atoms with van der Waals surface area (Å²) < 4.78 is 0. The molecule has 0 amide bonds. The highest BCUT2D eigenvalue weighted by atomic mass is 14.8. The van der Waals surface area contributed by atoms with Crippen molar-refractivity contribution in [1.29, 1.82) is 0 Å². The minimum Gasteiger partial charge on any atom is -0.355 e. The van der Waals surface area contributed by atoms with E-state index in [0.717, 1.165) is 57.1 Å². The summed E-state index contributed by atoms with van der Waals surface area (Å²) in [4.78, 5) is 17.0. The summed E-state index contributed by atoms with van der Waals surface area (Å²) in [5.74, 6) is 0. The van der Waals surface area contributed by atoms with E-state index in [1.54, 1.807) is 0 Å². The largest absolute Gasteiger partial charge is 0.355 e. The number of hydrogen-bond donors (Lipinski definition) is 3. The third kappa shape index (κ3) is 4.60. The number of aromatic nitrogens is 3. The summed E-state index contributed by atoms with van der Waals surface area (Å²) in [6.07, 6.45) is 17.6. The first-order valence-electron chi connectivity index (χ1n) is 15.9. The number of allylic oxidation sites excluding steroid dienone is 1. The quantitative estimate of drug-likeness (QED) is 0.354. The average Bonchev–Trinajstić information content (AvgIpc) is 3.67. The first-order valence-corrected chi connectivity index (χ1v) is 15.9. The zero-order chi connectivity index (χ0) is 28.6. The van der Waals surface area contributed by atoms with Crippen molar-refractivity contribution in [2.24, 2.45) is 4.99 Å². The molecule has 4 heteroatoms. The van der Waals surface area contributed by atoms with Crippen molar-refractivity contribution in [1.82, 2.24) is 15.0 Å². The average molecular weight is 537 g/mol. The van der Waals surface area contributed by atoms with Crippen molar-refractivity contribution < 1.29 is 0 Å². The fourth-order valence-electron chi connectivity index (χ4n) is 7.37. The van der Waals surface area contributed by atoms with Gasteiger partial charge in [0.15, 0.2) is 0 Å². The van der Waals surface area contributed by atoms with Crippen LogP contribution in [0.2, 0.25) is 0 Å². The van der Waals surface area contributed by atoms with Crippen LogP contribution in [-0.2, 0) is 38.5 Å². The van der Waals surface area contributed by atoms with Gasteiger partial charge in [-0.05, 0) is 120 Å². The zero-order valence-electron chi connectivity index (χ0n) is 26.0. The van der Waals surface area contributed by atoms with Crippen LogP contribution in [0.15, 0.2) is 16.1 Å². The lowest BCUT2D eigenvalue weighted by atomic mass is 9.96. The van der Waals surface area contributed by atoms with Crippen LogP contribution in [0.1, 0.15) is 113 Å². The third-order valence-corrected chi connectivity index (χ3v) is 9.22. The van der Waals surface area contributed by atoms with Gasteiger partial charge in [0.05, 0.1) is 11.8 Å². The maximum atomic E-state index is 5.38. The van der Waals surface area contributed by atoms with E-state index in [4.69, 9.17) is 4.99 Å². The molecule has 0 saturated heterocycles. The Balaban J connectivity index is 1.96. The second-order valence-corrected chi connectivity index (χ2v) is 11.1. The molecule has 4 nitrogen and oxygen atoms in total. The summed E-state index contributed by atoms with van der Waals surface area (Å²) in [6.45, 7) is 18.3. The Morgan fingerprint density at radius 3 is 1.40 bits per heavy atom. The van der Waals surface area contributed by atoms with Gasteiger partial charge in [0, 0.05) is 32.8 Å². The Hall–Kier alpha value is -3.27. The van der Waals surface area contributed by atoms with Crippen LogP contribution in [0.25, 0.3) is 24.3 Å². The second kappa shape index (κ2) is 11.7. The maximum absolute atomic E-state index is 5.38. The molecule has 0 spiro atoms. The first kappa shape index (κ1) is 28.3. The number of nitrogens with one attached hydrogen (secondary N) is 3. The highest BCUT2D eigenvalue weighted by Crippen LogP contribution is 2.29. The predicted octanol–water partition coefficient (Wildman–Crippen LogP) is 5.22. The van der Waals surface area contributed by atoms with E-state index in [1.807, 2.05) is 0 Å². The number of aliphatic imine (C=N–C) groups is 1. The zero-order valence-corrected chi connectivity index (χ0v) is 26.0.